The van der Waals surface area contributed by atoms with Gasteiger partial charge in [0, 0.05) is 13.5 Å². The Morgan fingerprint density at radius 1 is 0.830 bits per heavy atom. The van der Waals surface area contributed by atoms with E-state index in [-0.39, 0.29) is 37.3 Å². The molecule has 1 N–H and O–H groups in total. The lowest BCUT2D eigenvalue weighted by Crippen LogP contribution is -2.43. The molecule has 6 nitrogen and oxygen atoms in total. The molecule has 300 valence electrons. The molecule has 3 rings (SSSR count). The molecule has 0 amide bonds. The molecule has 0 aliphatic carbocycles. The summed E-state index contributed by atoms with van der Waals surface area (Å²) in [6.07, 6.45) is 22.0. The highest BCUT2D eigenvalue weighted by Gasteiger charge is 2.41. The minimum Gasteiger partial charge on any atom is -0.386 e. The van der Waals surface area contributed by atoms with Crippen molar-refractivity contribution in [3.8, 4) is 11.5 Å². The Kier molecular flexibility index (Phi) is 21.9. The van der Waals surface area contributed by atoms with Crippen LogP contribution in [0, 0.1) is 11.5 Å². The van der Waals surface area contributed by atoms with E-state index in [0.29, 0.717) is 23.2 Å². The first-order valence-corrected chi connectivity index (χ1v) is 23.5. The van der Waals surface area contributed by atoms with Gasteiger partial charge in [-0.1, -0.05) is 154 Å². The van der Waals surface area contributed by atoms with Crippen LogP contribution in [-0.4, -0.2) is 69.8 Å². The number of hydrogen-bond acceptors (Lipinski definition) is 6. The molecule has 0 spiro atoms. The number of rotatable bonds is 25. The molecule has 53 heavy (non-hydrogen) atoms. The summed E-state index contributed by atoms with van der Waals surface area (Å²) in [5.74, 6) is 3.62. The van der Waals surface area contributed by atoms with Gasteiger partial charge in [-0.3, -0.25) is 0 Å². The molecule has 1 aromatic rings. The van der Waals surface area contributed by atoms with Gasteiger partial charge in [0.1, 0.15) is 39.3 Å². The molecule has 2 aliphatic rings. The van der Waals surface area contributed by atoms with Crippen LogP contribution in [0.3, 0.4) is 0 Å². The van der Waals surface area contributed by atoms with E-state index >= 15 is 0 Å². The highest BCUT2D eigenvalue weighted by atomic mass is 28.3. The standard InChI is InChI=1S/C46H76O6Si/c1-9-10-11-12-13-14-15-21-26-45-43(49-34-39-23-18-16-19-24-39)32-31-42(52-45)41(47)28-30-44(50-35-48-8)46-29-27-40(51-46)25-20-17-22-33-53(36(2)3,37(4)5)38(6)7/h16,18-19,23-24,28,30-32,36-38,40-47H,9-15,17,20-21,25-27,29,34-35H2,1-8H3/b30-28+/t40-,41+,42+,43-,44+,45?,46+/m1/s1. The normalized spacial score (nSPS) is 23.3. The number of ether oxygens (including phenoxy) is 5. The summed E-state index contributed by atoms with van der Waals surface area (Å²) < 4.78 is 30.8. The fraction of sp³-hybridized carbons (Fsp3) is 0.739. The van der Waals surface area contributed by atoms with Crippen molar-refractivity contribution in [2.75, 3.05) is 13.9 Å². The van der Waals surface area contributed by atoms with Crippen LogP contribution >= 0.6 is 0 Å². The van der Waals surface area contributed by atoms with E-state index < -0.39 is 20.3 Å². The van der Waals surface area contributed by atoms with Crippen LogP contribution in [0.1, 0.15) is 144 Å². The number of hydrogen-bond donors (Lipinski definition) is 1. The van der Waals surface area contributed by atoms with Crippen molar-refractivity contribution in [2.24, 2.45) is 0 Å². The number of benzene rings is 1. The maximum absolute atomic E-state index is 11.4. The Labute approximate surface area is 325 Å². The zero-order chi connectivity index (χ0) is 38.5. The van der Waals surface area contributed by atoms with Gasteiger partial charge in [-0.25, -0.2) is 0 Å². The largest absolute Gasteiger partial charge is 0.386 e. The van der Waals surface area contributed by atoms with Crippen molar-refractivity contribution in [3.05, 3.63) is 60.2 Å². The van der Waals surface area contributed by atoms with E-state index in [9.17, 15) is 5.11 Å². The molecular weight excluding hydrogens is 677 g/mol. The monoisotopic (exact) mass is 753 g/mol. The molecule has 1 unspecified atom stereocenters. The second kappa shape index (κ2) is 25.4. The summed E-state index contributed by atoms with van der Waals surface area (Å²) in [5.41, 5.74) is 6.97. The second-order valence-corrected chi connectivity index (χ2v) is 22.0. The van der Waals surface area contributed by atoms with Gasteiger partial charge in [0.25, 0.3) is 0 Å². The predicted octanol–water partition coefficient (Wildman–Crippen LogP) is 11.3. The Bertz CT molecular complexity index is 1200. The van der Waals surface area contributed by atoms with Gasteiger partial charge in [-0.2, -0.15) is 0 Å². The molecule has 0 radical (unpaired) electrons. The zero-order valence-electron chi connectivity index (χ0n) is 34.8. The van der Waals surface area contributed by atoms with Crippen LogP contribution in [0.5, 0.6) is 0 Å². The number of aliphatic hydroxyl groups excluding tert-OH is 1. The SMILES string of the molecule is CCCCCCCCCCC1O[C@H]([C@@H](O)/C=C/[C@H](OCOC)[C@@H]2CC[C@@H](CCCC#C[Si](C(C)C)(C(C)C)C(C)C)O2)C=C[C@H]1OCc1ccccc1. The Morgan fingerprint density at radius 3 is 2.17 bits per heavy atom. The van der Waals surface area contributed by atoms with E-state index in [1.165, 1.54) is 44.9 Å². The summed E-state index contributed by atoms with van der Waals surface area (Å²) in [7, 11) is -0.0532. The van der Waals surface area contributed by atoms with Gasteiger partial charge in [-0.15, -0.1) is 11.5 Å². The summed E-state index contributed by atoms with van der Waals surface area (Å²) in [4.78, 5) is 0. The van der Waals surface area contributed by atoms with E-state index in [1.54, 1.807) is 7.11 Å². The van der Waals surface area contributed by atoms with Crippen molar-refractivity contribution in [3.63, 3.8) is 0 Å². The molecule has 1 saturated heterocycles. The van der Waals surface area contributed by atoms with Crippen LogP contribution in [0.2, 0.25) is 16.6 Å². The molecular formula is C46H76O6Si. The van der Waals surface area contributed by atoms with Gasteiger partial charge in [-0.05, 0) is 54.3 Å². The highest BCUT2D eigenvalue weighted by Crippen LogP contribution is 2.41. The lowest BCUT2D eigenvalue weighted by molar-refractivity contribution is -0.114. The molecule has 0 saturated carbocycles. The van der Waals surface area contributed by atoms with Gasteiger partial charge in [0.05, 0.1) is 24.9 Å². The van der Waals surface area contributed by atoms with Crippen molar-refractivity contribution in [1.29, 1.82) is 0 Å². The van der Waals surface area contributed by atoms with Gasteiger partial charge in [0.15, 0.2) is 0 Å². The van der Waals surface area contributed by atoms with E-state index in [2.05, 4.69) is 78.1 Å². The minimum absolute atomic E-state index is 0.0825. The van der Waals surface area contributed by atoms with Crippen molar-refractivity contribution in [1.82, 2.24) is 0 Å². The average molecular weight is 753 g/mol. The highest BCUT2D eigenvalue weighted by molar-refractivity contribution is 6.90. The maximum atomic E-state index is 11.4. The molecule has 1 aromatic carbocycles. The van der Waals surface area contributed by atoms with Crippen LogP contribution < -0.4 is 0 Å². The van der Waals surface area contributed by atoms with Crippen LogP contribution in [0.25, 0.3) is 0 Å². The topological polar surface area (TPSA) is 66.4 Å². The second-order valence-electron chi connectivity index (χ2n) is 16.4. The quantitative estimate of drug-likeness (QED) is 0.0353. The third kappa shape index (κ3) is 15.4. The maximum Gasteiger partial charge on any atom is 0.147 e. The van der Waals surface area contributed by atoms with E-state index in [4.69, 9.17) is 23.7 Å². The van der Waals surface area contributed by atoms with Gasteiger partial charge in [0.2, 0.25) is 0 Å². The number of aliphatic hydroxyl groups is 1. The fourth-order valence-corrected chi connectivity index (χ4v) is 13.8. The molecule has 0 aromatic heterocycles. The Morgan fingerprint density at radius 2 is 1.51 bits per heavy atom. The lowest BCUT2D eigenvalue weighted by Gasteiger charge is -2.38. The van der Waals surface area contributed by atoms with Crippen molar-refractivity contribution < 1.29 is 28.8 Å². The first kappa shape index (κ1) is 45.6. The molecule has 2 heterocycles. The predicted molar refractivity (Wildman–Crippen MR) is 223 cm³/mol. The summed E-state index contributed by atoms with van der Waals surface area (Å²) >= 11 is 0. The van der Waals surface area contributed by atoms with E-state index in [0.717, 1.165) is 50.5 Å². The fourth-order valence-electron chi connectivity index (χ4n) is 8.52. The zero-order valence-corrected chi connectivity index (χ0v) is 35.8. The van der Waals surface area contributed by atoms with Crippen molar-refractivity contribution >= 4 is 8.07 Å². The molecule has 7 heteroatoms. The summed E-state index contributed by atoms with van der Waals surface area (Å²) in [5, 5.41) is 11.4. The van der Waals surface area contributed by atoms with Gasteiger partial charge < -0.3 is 28.8 Å². The van der Waals surface area contributed by atoms with Crippen LogP contribution in [-0.2, 0) is 30.3 Å². The third-order valence-corrected chi connectivity index (χ3v) is 17.9. The van der Waals surface area contributed by atoms with Crippen molar-refractivity contribution in [2.45, 2.75) is 204 Å². The summed E-state index contributed by atoms with van der Waals surface area (Å²) in [6, 6.07) is 10.3. The van der Waals surface area contributed by atoms with Crippen LogP contribution in [0.4, 0.5) is 0 Å². The average Bonchev–Trinajstić information content (AvgIpc) is 3.62. The summed E-state index contributed by atoms with van der Waals surface area (Å²) in [6.45, 7) is 17.2. The molecule has 7 atom stereocenters. The first-order valence-electron chi connectivity index (χ1n) is 21.2. The third-order valence-electron chi connectivity index (χ3n) is 11.5. The Hall–Kier alpha value is -1.76. The lowest BCUT2D eigenvalue weighted by atomic mass is 9.99. The number of unbranched alkanes of at least 4 members (excludes halogenated alkanes) is 8. The number of methoxy groups -OCH3 is 1. The van der Waals surface area contributed by atoms with Gasteiger partial charge >= 0.3 is 0 Å². The Balaban J connectivity index is 1.55. The molecule has 0 bridgehead atoms. The minimum atomic E-state index is -1.69. The van der Waals surface area contributed by atoms with Crippen LogP contribution in [0.15, 0.2) is 54.6 Å². The van der Waals surface area contributed by atoms with E-state index in [1.807, 2.05) is 36.4 Å². The first-order chi connectivity index (χ1) is 25.6. The molecule has 1 fully saturated rings. The smallest absolute Gasteiger partial charge is 0.147 e. The molecule has 2 aliphatic heterocycles.